The Hall–Kier alpha value is -1.69. The number of aliphatic hydroxyl groups is 1. The number of amides is 1. The zero-order valence-corrected chi connectivity index (χ0v) is 15.3. The molecule has 1 spiro atoms. The van der Waals surface area contributed by atoms with Gasteiger partial charge in [-0.2, -0.15) is 0 Å². The first-order valence-electron chi connectivity index (χ1n) is 8.88. The normalized spacial score (nSPS) is 26.5. The zero-order valence-electron chi connectivity index (χ0n) is 14.5. The summed E-state index contributed by atoms with van der Waals surface area (Å²) in [6, 6.07) is 12.2. The second-order valence-electron chi connectivity index (χ2n) is 7.33. The Morgan fingerprint density at radius 2 is 2.16 bits per heavy atom. The van der Waals surface area contributed by atoms with E-state index in [0.29, 0.717) is 0 Å². The van der Waals surface area contributed by atoms with E-state index in [4.69, 9.17) is 0 Å². The van der Waals surface area contributed by atoms with Crippen molar-refractivity contribution in [2.75, 3.05) is 19.7 Å². The molecule has 0 saturated carbocycles. The molecule has 3 heterocycles. The van der Waals surface area contributed by atoms with Crippen LogP contribution in [0.4, 0.5) is 0 Å². The fourth-order valence-electron chi connectivity index (χ4n) is 4.32. The summed E-state index contributed by atoms with van der Waals surface area (Å²) in [7, 11) is 0. The van der Waals surface area contributed by atoms with Gasteiger partial charge in [-0.25, -0.2) is 0 Å². The predicted molar refractivity (Wildman–Crippen MR) is 99.9 cm³/mol. The molecular formula is C20H24N2O2S. The summed E-state index contributed by atoms with van der Waals surface area (Å²) in [4.78, 5) is 17.8. The molecule has 2 atom stereocenters. The molecular weight excluding hydrogens is 332 g/mol. The maximum Gasteiger partial charge on any atom is 0.252 e. The van der Waals surface area contributed by atoms with Crippen molar-refractivity contribution in [1.82, 2.24) is 10.2 Å². The van der Waals surface area contributed by atoms with E-state index < -0.39 is 0 Å². The zero-order chi connectivity index (χ0) is 17.4. The Morgan fingerprint density at radius 1 is 1.32 bits per heavy atom. The number of rotatable bonds is 3. The number of aliphatic hydroxyl groups excluding tert-OH is 1. The van der Waals surface area contributed by atoms with E-state index in [-0.39, 0.29) is 24.0 Å². The van der Waals surface area contributed by atoms with Gasteiger partial charge < -0.3 is 10.4 Å². The highest BCUT2D eigenvalue weighted by atomic mass is 32.1. The molecule has 25 heavy (non-hydrogen) atoms. The number of carbonyl (C=O) groups is 1. The van der Waals surface area contributed by atoms with Crippen LogP contribution in [0.15, 0.2) is 36.4 Å². The average molecular weight is 356 g/mol. The topological polar surface area (TPSA) is 52.6 Å². The Morgan fingerprint density at radius 3 is 2.92 bits per heavy atom. The van der Waals surface area contributed by atoms with Gasteiger partial charge in [-0.3, -0.25) is 9.69 Å². The lowest BCUT2D eigenvalue weighted by atomic mass is 9.83. The van der Waals surface area contributed by atoms with E-state index in [9.17, 15) is 9.90 Å². The maximum atomic E-state index is 12.8. The molecule has 1 saturated heterocycles. The van der Waals surface area contributed by atoms with Crippen molar-refractivity contribution >= 4 is 17.2 Å². The number of nitrogens with one attached hydrogen (secondary N) is 1. The van der Waals surface area contributed by atoms with Crippen molar-refractivity contribution < 1.29 is 9.90 Å². The van der Waals surface area contributed by atoms with Crippen molar-refractivity contribution in [3.63, 3.8) is 0 Å². The molecule has 2 aliphatic heterocycles. The van der Waals surface area contributed by atoms with Crippen molar-refractivity contribution in [3.8, 4) is 0 Å². The smallest absolute Gasteiger partial charge is 0.252 e. The average Bonchev–Trinajstić information content (AvgIpc) is 3.12. The van der Waals surface area contributed by atoms with Crippen LogP contribution in [0, 0.1) is 12.8 Å². The summed E-state index contributed by atoms with van der Waals surface area (Å²) in [6.45, 7) is 4.74. The van der Waals surface area contributed by atoms with E-state index >= 15 is 0 Å². The molecule has 1 amide bonds. The Bertz CT molecular complexity index is 788. The van der Waals surface area contributed by atoms with Gasteiger partial charge in [0.15, 0.2) is 0 Å². The summed E-state index contributed by atoms with van der Waals surface area (Å²) in [5.41, 5.74) is 1.56. The molecule has 132 valence electrons. The van der Waals surface area contributed by atoms with Crippen LogP contribution < -0.4 is 5.32 Å². The van der Waals surface area contributed by atoms with E-state index in [1.807, 2.05) is 35.6 Å². The van der Waals surface area contributed by atoms with Gasteiger partial charge in [0.2, 0.25) is 0 Å². The molecule has 2 N–H and O–H groups in total. The summed E-state index contributed by atoms with van der Waals surface area (Å²) in [5, 5.41) is 13.3. The molecule has 4 rings (SSSR count). The lowest BCUT2D eigenvalue weighted by Crippen LogP contribution is -2.54. The van der Waals surface area contributed by atoms with Crippen LogP contribution in [0.5, 0.6) is 0 Å². The number of carbonyl (C=O) groups excluding carboxylic acids is 1. The quantitative estimate of drug-likeness (QED) is 0.889. The van der Waals surface area contributed by atoms with Crippen LogP contribution in [-0.4, -0.2) is 41.1 Å². The van der Waals surface area contributed by atoms with Gasteiger partial charge in [0.1, 0.15) is 0 Å². The molecule has 5 heteroatoms. The number of hydrogen-bond donors (Lipinski definition) is 2. The number of thiophene rings is 1. The number of likely N-dealkylation sites (tertiary alicyclic amines) is 1. The maximum absolute atomic E-state index is 12.8. The van der Waals surface area contributed by atoms with Gasteiger partial charge in [0.25, 0.3) is 5.91 Å². The van der Waals surface area contributed by atoms with Crippen molar-refractivity contribution in [2.45, 2.75) is 31.8 Å². The van der Waals surface area contributed by atoms with E-state index in [2.05, 4.69) is 29.3 Å². The van der Waals surface area contributed by atoms with Crippen molar-refractivity contribution in [1.29, 1.82) is 0 Å². The monoisotopic (exact) mass is 356 g/mol. The first-order chi connectivity index (χ1) is 12.1. The summed E-state index contributed by atoms with van der Waals surface area (Å²) in [6.07, 6.45) is 1.75. The fourth-order valence-corrected chi connectivity index (χ4v) is 5.25. The van der Waals surface area contributed by atoms with Crippen LogP contribution in [0.25, 0.3) is 0 Å². The fraction of sp³-hybridized carbons (Fsp3) is 0.450. The van der Waals surface area contributed by atoms with E-state index in [1.165, 1.54) is 9.75 Å². The molecule has 2 aromatic rings. The van der Waals surface area contributed by atoms with Crippen LogP contribution >= 0.6 is 11.3 Å². The Labute approximate surface area is 152 Å². The third-order valence-corrected chi connectivity index (χ3v) is 6.61. The minimum Gasteiger partial charge on any atom is -0.396 e. The first kappa shape index (κ1) is 16.8. The highest BCUT2D eigenvalue weighted by Crippen LogP contribution is 2.36. The highest BCUT2D eigenvalue weighted by molar-refractivity contribution is 7.11. The molecule has 1 aromatic carbocycles. The summed E-state index contributed by atoms with van der Waals surface area (Å²) < 4.78 is 0. The van der Waals surface area contributed by atoms with Crippen LogP contribution in [-0.2, 0) is 13.0 Å². The number of fused-ring (bicyclic) bond motifs is 1. The van der Waals surface area contributed by atoms with Crippen LogP contribution in [0.2, 0.25) is 0 Å². The standard InChI is InChI=1S/C20H24N2O2S/c1-14-6-7-17(25-14)11-22-10-16(12-23)20(13-22)9-8-15-4-2-3-5-18(15)19(24)21-20/h2-7,16,23H,8-13H2,1H3,(H,21,24)/t16-,20+/m0/s1. The van der Waals surface area contributed by atoms with Gasteiger partial charge in [0.05, 0.1) is 5.54 Å². The van der Waals surface area contributed by atoms with Gasteiger partial charge in [0, 0.05) is 47.5 Å². The summed E-state index contributed by atoms with van der Waals surface area (Å²) >= 11 is 1.82. The number of aryl methyl sites for hydroxylation is 2. The van der Waals surface area contributed by atoms with Gasteiger partial charge >= 0.3 is 0 Å². The Kier molecular flexibility index (Phi) is 4.40. The van der Waals surface area contributed by atoms with Crippen molar-refractivity contribution in [2.24, 2.45) is 5.92 Å². The molecule has 0 radical (unpaired) electrons. The van der Waals surface area contributed by atoms with E-state index in [1.54, 1.807) is 0 Å². The first-order valence-corrected chi connectivity index (χ1v) is 9.70. The number of hydrogen-bond acceptors (Lipinski definition) is 4. The van der Waals surface area contributed by atoms with Gasteiger partial charge in [-0.05, 0) is 43.5 Å². The van der Waals surface area contributed by atoms with Gasteiger partial charge in [-0.15, -0.1) is 11.3 Å². The highest BCUT2D eigenvalue weighted by Gasteiger charge is 2.48. The van der Waals surface area contributed by atoms with Crippen LogP contribution in [0.3, 0.4) is 0 Å². The number of benzene rings is 1. The second kappa shape index (κ2) is 6.56. The third-order valence-electron chi connectivity index (χ3n) is 5.63. The molecule has 0 aliphatic carbocycles. The van der Waals surface area contributed by atoms with E-state index in [0.717, 1.165) is 43.6 Å². The molecule has 0 bridgehead atoms. The molecule has 0 unspecified atom stereocenters. The molecule has 4 nitrogen and oxygen atoms in total. The SMILES string of the molecule is Cc1ccc(CN2C[C@@H](CO)[C@@]3(CCc4ccccc4C(=O)N3)C2)s1. The minimum atomic E-state index is -0.336. The predicted octanol–water partition coefficient (Wildman–Crippen LogP) is 2.60. The second-order valence-corrected chi connectivity index (χ2v) is 8.70. The third kappa shape index (κ3) is 3.12. The van der Waals surface area contributed by atoms with Crippen molar-refractivity contribution in [3.05, 3.63) is 57.3 Å². The minimum absolute atomic E-state index is 0.000341. The number of nitrogens with zero attached hydrogens (tertiary/aromatic N) is 1. The molecule has 1 aromatic heterocycles. The van der Waals surface area contributed by atoms with Crippen LogP contribution in [0.1, 0.15) is 32.1 Å². The lowest BCUT2D eigenvalue weighted by Gasteiger charge is -2.33. The lowest BCUT2D eigenvalue weighted by molar-refractivity contribution is 0.0846. The Balaban J connectivity index is 1.57. The summed E-state index contributed by atoms with van der Waals surface area (Å²) in [5.74, 6) is 0.0761. The largest absolute Gasteiger partial charge is 0.396 e. The molecule has 1 fully saturated rings. The van der Waals surface area contributed by atoms with Gasteiger partial charge in [-0.1, -0.05) is 18.2 Å². The molecule has 2 aliphatic rings.